The summed E-state index contributed by atoms with van der Waals surface area (Å²) in [6, 6.07) is 0. The molecule has 96 valence electrons. The van der Waals surface area contributed by atoms with E-state index in [4.69, 9.17) is 5.73 Å². The summed E-state index contributed by atoms with van der Waals surface area (Å²) in [5.74, 6) is -0.245. The monoisotopic (exact) mass is 237 g/mol. The lowest BCUT2D eigenvalue weighted by molar-refractivity contribution is -0.120. The van der Waals surface area contributed by atoms with Crippen molar-refractivity contribution >= 4 is 11.7 Å². The van der Waals surface area contributed by atoms with E-state index in [1.54, 1.807) is 0 Å². The fourth-order valence-electron chi connectivity index (χ4n) is 2.41. The number of carbonyl (C=O) groups excluding carboxylic acids is 2. The molecule has 1 aliphatic rings. The number of nitrogens with two attached hydrogens (primary N) is 1. The highest BCUT2D eigenvalue weighted by atomic mass is 16.1. The number of hydrogen-bond acceptors (Lipinski definition) is 2. The molecule has 0 saturated heterocycles. The van der Waals surface area contributed by atoms with Crippen molar-refractivity contribution in [3.8, 4) is 0 Å². The molecule has 3 heteroatoms. The second kappa shape index (κ2) is 5.03. The van der Waals surface area contributed by atoms with Crippen LogP contribution in [0.2, 0.25) is 0 Å². The number of rotatable bonds is 3. The molecule has 1 fully saturated rings. The van der Waals surface area contributed by atoms with Crippen LogP contribution in [0.1, 0.15) is 53.4 Å². The molecule has 0 heterocycles. The van der Waals surface area contributed by atoms with Crippen LogP contribution in [-0.2, 0) is 9.59 Å². The summed E-state index contributed by atoms with van der Waals surface area (Å²) in [5.41, 5.74) is 6.73. The molecule has 0 radical (unpaired) electrons. The van der Waals surface area contributed by atoms with E-state index in [9.17, 15) is 9.59 Å². The Morgan fingerprint density at radius 3 is 2.47 bits per heavy atom. The van der Waals surface area contributed by atoms with Gasteiger partial charge in [0.05, 0.1) is 0 Å². The number of carbonyl (C=O) groups is 2. The van der Waals surface area contributed by atoms with Gasteiger partial charge in [-0.2, -0.15) is 0 Å². The van der Waals surface area contributed by atoms with Gasteiger partial charge in [-0.3, -0.25) is 9.59 Å². The fourth-order valence-corrected chi connectivity index (χ4v) is 2.41. The third-order valence-corrected chi connectivity index (χ3v) is 3.72. The molecule has 17 heavy (non-hydrogen) atoms. The summed E-state index contributed by atoms with van der Waals surface area (Å²) < 4.78 is 0. The van der Waals surface area contributed by atoms with Crippen LogP contribution in [0.25, 0.3) is 0 Å². The Morgan fingerprint density at radius 2 is 2.06 bits per heavy atom. The van der Waals surface area contributed by atoms with E-state index < -0.39 is 5.91 Å². The first-order valence-corrected chi connectivity index (χ1v) is 6.34. The van der Waals surface area contributed by atoms with Crippen molar-refractivity contribution in [2.45, 2.75) is 53.4 Å². The van der Waals surface area contributed by atoms with Crippen LogP contribution in [-0.4, -0.2) is 11.7 Å². The molecule has 0 aromatic rings. The lowest BCUT2D eigenvalue weighted by atomic mass is 9.72. The average molecular weight is 237 g/mol. The molecule has 0 aromatic carbocycles. The SMILES string of the molecule is CC[C@@H](C)C(C(N)=O)=C1CCC(C)(C)CC1=O. The van der Waals surface area contributed by atoms with E-state index in [0.717, 1.165) is 12.8 Å². The van der Waals surface area contributed by atoms with Gasteiger partial charge in [-0.15, -0.1) is 0 Å². The lowest BCUT2D eigenvalue weighted by Gasteiger charge is -2.31. The van der Waals surface area contributed by atoms with Crippen molar-refractivity contribution in [2.24, 2.45) is 17.1 Å². The molecule has 1 saturated carbocycles. The first-order chi connectivity index (χ1) is 7.78. The summed E-state index contributed by atoms with van der Waals surface area (Å²) in [6.45, 7) is 8.15. The maximum absolute atomic E-state index is 12.1. The molecule has 1 aliphatic carbocycles. The molecule has 1 rings (SSSR count). The van der Waals surface area contributed by atoms with Crippen LogP contribution >= 0.6 is 0 Å². The Morgan fingerprint density at radius 1 is 1.47 bits per heavy atom. The number of Topliss-reactive ketones (excluding diaryl/α,β-unsaturated/α-hetero) is 1. The standard InChI is InChI=1S/C14H23NO2/c1-5-9(2)12(13(15)17)10-6-7-14(3,4)8-11(10)16/h9H,5-8H2,1-4H3,(H2,15,17)/t9-/m1/s1. The quantitative estimate of drug-likeness (QED) is 0.767. The van der Waals surface area contributed by atoms with Gasteiger partial charge in [0.2, 0.25) is 5.91 Å². The summed E-state index contributed by atoms with van der Waals surface area (Å²) >= 11 is 0. The zero-order chi connectivity index (χ0) is 13.2. The Kier molecular flexibility index (Phi) is 4.12. The molecule has 0 spiro atoms. The minimum absolute atomic E-state index is 0.0544. The Hall–Kier alpha value is -1.12. The van der Waals surface area contributed by atoms with Crippen molar-refractivity contribution in [2.75, 3.05) is 0 Å². The predicted octanol–water partition coefficient (Wildman–Crippen LogP) is 2.59. The Bertz CT molecular complexity index is 366. The van der Waals surface area contributed by atoms with Gasteiger partial charge in [0.25, 0.3) is 0 Å². The van der Waals surface area contributed by atoms with Gasteiger partial charge >= 0.3 is 0 Å². The van der Waals surface area contributed by atoms with Crippen molar-refractivity contribution in [1.29, 1.82) is 0 Å². The first kappa shape index (κ1) is 13.9. The zero-order valence-corrected chi connectivity index (χ0v) is 11.3. The summed E-state index contributed by atoms with van der Waals surface area (Å²) in [6.07, 6.45) is 2.99. The predicted molar refractivity (Wildman–Crippen MR) is 68.3 cm³/mol. The molecule has 1 atom stereocenters. The minimum atomic E-state index is -0.428. The van der Waals surface area contributed by atoms with E-state index in [2.05, 4.69) is 13.8 Å². The summed E-state index contributed by atoms with van der Waals surface area (Å²) in [4.78, 5) is 23.6. The maximum atomic E-state index is 12.1. The van der Waals surface area contributed by atoms with E-state index in [1.165, 1.54) is 0 Å². The topological polar surface area (TPSA) is 60.2 Å². The Labute approximate surface area is 103 Å². The van der Waals surface area contributed by atoms with Crippen LogP contribution in [0.15, 0.2) is 11.1 Å². The van der Waals surface area contributed by atoms with Crippen LogP contribution in [0.3, 0.4) is 0 Å². The third kappa shape index (κ3) is 3.18. The summed E-state index contributed by atoms with van der Waals surface area (Å²) in [5, 5.41) is 0. The molecular formula is C14H23NO2. The minimum Gasteiger partial charge on any atom is -0.366 e. The maximum Gasteiger partial charge on any atom is 0.245 e. The van der Waals surface area contributed by atoms with Gasteiger partial charge in [-0.05, 0) is 30.6 Å². The molecule has 3 nitrogen and oxygen atoms in total. The van der Waals surface area contributed by atoms with Crippen molar-refractivity contribution in [3.63, 3.8) is 0 Å². The number of ketones is 1. The number of hydrogen-bond donors (Lipinski definition) is 1. The summed E-state index contributed by atoms with van der Waals surface area (Å²) in [7, 11) is 0. The second-order valence-electron chi connectivity index (χ2n) is 5.83. The van der Waals surface area contributed by atoms with E-state index in [0.29, 0.717) is 24.0 Å². The van der Waals surface area contributed by atoms with Gasteiger partial charge in [-0.25, -0.2) is 0 Å². The van der Waals surface area contributed by atoms with Crippen LogP contribution in [0.5, 0.6) is 0 Å². The number of amides is 1. The second-order valence-corrected chi connectivity index (χ2v) is 5.83. The van der Waals surface area contributed by atoms with Crippen LogP contribution in [0.4, 0.5) is 0 Å². The zero-order valence-electron chi connectivity index (χ0n) is 11.3. The molecule has 1 amide bonds. The average Bonchev–Trinajstić information content (AvgIpc) is 2.20. The molecule has 2 N–H and O–H groups in total. The van der Waals surface area contributed by atoms with Gasteiger partial charge in [-0.1, -0.05) is 27.7 Å². The van der Waals surface area contributed by atoms with Crippen molar-refractivity contribution in [3.05, 3.63) is 11.1 Å². The van der Waals surface area contributed by atoms with Gasteiger partial charge in [0.15, 0.2) is 5.78 Å². The van der Waals surface area contributed by atoms with Crippen LogP contribution < -0.4 is 5.73 Å². The van der Waals surface area contributed by atoms with E-state index >= 15 is 0 Å². The largest absolute Gasteiger partial charge is 0.366 e. The molecule has 0 bridgehead atoms. The van der Waals surface area contributed by atoms with E-state index in [-0.39, 0.29) is 17.1 Å². The first-order valence-electron chi connectivity index (χ1n) is 6.34. The highest BCUT2D eigenvalue weighted by Crippen LogP contribution is 2.38. The van der Waals surface area contributed by atoms with Gasteiger partial charge in [0, 0.05) is 17.6 Å². The third-order valence-electron chi connectivity index (χ3n) is 3.72. The van der Waals surface area contributed by atoms with Crippen molar-refractivity contribution in [1.82, 2.24) is 0 Å². The number of allylic oxidation sites excluding steroid dienone is 1. The smallest absolute Gasteiger partial charge is 0.245 e. The normalized spacial score (nSPS) is 24.4. The molecule has 0 aliphatic heterocycles. The molecular weight excluding hydrogens is 214 g/mol. The van der Waals surface area contributed by atoms with Gasteiger partial charge in [0.1, 0.15) is 0 Å². The fraction of sp³-hybridized carbons (Fsp3) is 0.714. The highest BCUT2D eigenvalue weighted by Gasteiger charge is 2.33. The van der Waals surface area contributed by atoms with Crippen LogP contribution in [0, 0.1) is 11.3 Å². The highest BCUT2D eigenvalue weighted by molar-refractivity contribution is 6.05. The van der Waals surface area contributed by atoms with Gasteiger partial charge < -0.3 is 5.73 Å². The van der Waals surface area contributed by atoms with Crippen molar-refractivity contribution < 1.29 is 9.59 Å². The lowest BCUT2D eigenvalue weighted by Crippen LogP contribution is -2.29. The number of primary amides is 1. The molecule has 0 unspecified atom stereocenters. The molecule has 0 aromatic heterocycles. The Balaban J connectivity index is 3.10. The van der Waals surface area contributed by atoms with E-state index in [1.807, 2.05) is 13.8 Å².